The Balaban J connectivity index is 1.62. The van der Waals surface area contributed by atoms with Crippen molar-refractivity contribution < 1.29 is 9.18 Å². The van der Waals surface area contributed by atoms with Gasteiger partial charge in [-0.05, 0) is 48.0 Å². The van der Waals surface area contributed by atoms with Gasteiger partial charge >= 0.3 is 0 Å². The molecular formula is C19H14Cl2FN3O. The Bertz CT molecular complexity index is 932. The fourth-order valence-corrected chi connectivity index (χ4v) is 2.65. The highest BCUT2D eigenvalue weighted by Gasteiger charge is 2.07. The second-order valence-electron chi connectivity index (χ2n) is 5.54. The number of aromatic nitrogens is 1. The Morgan fingerprint density at radius 1 is 1.08 bits per heavy atom. The van der Waals surface area contributed by atoms with Crippen molar-refractivity contribution in [3.8, 4) is 0 Å². The number of amides is 1. The van der Waals surface area contributed by atoms with E-state index in [9.17, 15) is 9.18 Å². The molecule has 132 valence electrons. The Morgan fingerprint density at radius 3 is 2.65 bits per heavy atom. The standard InChI is InChI=1S/C19H14Cl2FN3O/c20-13-4-6-16(21)17(10-13)25-18-7-5-15(11-23-18)24-19(26)9-12-2-1-3-14(22)8-12/h1-8,10-11H,9H2,(H,23,25)(H,24,26). The largest absolute Gasteiger partial charge is 0.339 e. The van der Waals surface area contributed by atoms with Gasteiger partial charge in [-0.3, -0.25) is 4.79 Å². The van der Waals surface area contributed by atoms with E-state index in [4.69, 9.17) is 23.2 Å². The average Bonchev–Trinajstić information content (AvgIpc) is 2.60. The third-order valence-corrected chi connectivity index (χ3v) is 4.06. The summed E-state index contributed by atoms with van der Waals surface area (Å²) in [5.74, 6) is -0.0691. The lowest BCUT2D eigenvalue weighted by molar-refractivity contribution is -0.115. The molecule has 0 aliphatic heterocycles. The maximum atomic E-state index is 13.2. The molecule has 2 N–H and O–H groups in total. The molecule has 7 heteroatoms. The molecule has 26 heavy (non-hydrogen) atoms. The molecule has 0 saturated heterocycles. The summed E-state index contributed by atoms with van der Waals surface area (Å²) in [7, 11) is 0. The van der Waals surface area contributed by atoms with Crippen LogP contribution in [0.1, 0.15) is 5.56 Å². The smallest absolute Gasteiger partial charge is 0.228 e. The summed E-state index contributed by atoms with van der Waals surface area (Å²) >= 11 is 12.1. The first-order valence-corrected chi connectivity index (χ1v) is 8.47. The Hall–Kier alpha value is -2.63. The highest BCUT2D eigenvalue weighted by Crippen LogP contribution is 2.28. The van der Waals surface area contributed by atoms with Crippen LogP contribution in [-0.2, 0) is 11.2 Å². The lowest BCUT2D eigenvalue weighted by Crippen LogP contribution is -2.14. The predicted molar refractivity (Wildman–Crippen MR) is 103 cm³/mol. The number of nitrogens with one attached hydrogen (secondary N) is 2. The minimum absolute atomic E-state index is 0.0792. The number of hydrogen-bond acceptors (Lipinski definition) is 3. The van der Waals surface area contributed by atoms with E-state index >= 15 is 0 Å². The third kappa shape index (κ3) is 4.94. The van der Waals surface area contributed by atoms with Crippen molar-refractivity contribution in [1.29, 1.82) is 0 Å². The second kappa shape index (κ2) is 8.17. The topological polar surface area (TPSA) is 54.0 Å². The van der Waals surface area contributed by atoms with Gasteiger partial charge in [-0.1, -0.05) is 35.3 Å². The van der Waals surface area contributed by atoms with Gasteiger partial charge in [-0.2, -0.15) is 0 Å². The summed E-state index contributed by atoms with van der Waals surface area (Å²) in [4.78, 5) is 16.3. The first kappa shape index (κ1) is 18.2. The minimum atomic E-state index is -0.368. The van der Waals surface area contributed by atoms with E-state index in [1.807, 2.05) is 0 Å². The number of rotatable bonds is 5. The van der Waals surface area contributed by atoms with Gasteiger partial charge in [0.1, 0.15) is 11.6 Å². The summed E-state index contributed by atoms with van der Waals surface area (Å²) in [5.41, 5.74) is 1.77. The first-order chi connectivity index (χ1) is 12.5. The van der Waals surface area contributed by atoms with Crippen LogP contribution < -0.4 is 10.6 Å². The van der Waals surface area contributed by atoms with Gasteiger partial charge < -0.3 is 10.6 Å². The van der Waals surface area contributed by atoms with Crippen LogP contribution in [0.25, 0.3) is 0 Å². The molecule has 0 aliphatic carbocycles. The highest BCUT2D eigenvalue weighted by molar-refractivity contribution is 6.35. The zero-order chi connectivity index (χ0) is 18.5. The number of benzene rings is 2. The molecule has 3 aromatic rings. The van der Waals surface area contributed by atoms with Gasteiger partial charge in [-0.15, -0.1) is 0 Å². The van der Waals surface area contributed by atoms with Crippen molar-refractivity contribution in [1.82, 2.24) is 4.98 Å². The number of halogens is 3. The normalized spacial score (nSPS) is 10.4. The number of anilines is 3. The van der Waals surface area contributed by atoms with Crippen LogP contribution in [0.5, 0.6) is 0 Å². The summed E-state index contributed by atoms with van der Waals surface area (Å²) in [6.45, 7) is 0. The van der Waals surface area contributed by atoms with Gasteiger partial charge in [-0.25, -0.2) is 9.37 Å². The van der Waals surface area contributed by atoms with Crippen molar-refractivity contribution in [2.24, 2.45) is 0 Å². The van der Waals surface area contributed by atoms with Gasteiger partial charge in [0.15, 0.2) is 0 Å². The molecule has 1 heterocycles. The van der Waals surface area contributed by atoms with Crippen LogP contribution in [0.4, 0.5) is 21.6 Å². The van der Waals surface area contributed by atoms with Crippen LogP contribution in [0, 0.1) is 5.82 Å². The molecule has 0 radical (unpaired) electrons. The van der Waals surface area contributed by atoms with Crippen LogP contribution >= 0.6 is 23.2 Å². The maximum Gasteiger partial charge on any atom is 0.228 e. The average molecular weight is 390 g/mol. The fraction of sp³-hybridized carbons (Fsp3) is 0.0526. The molecule has 0 atom stereocenters. The monoisotopic (exact) mass is 389 g/mol. The molecule has 2 aromatic carbocycles. The lowest BCUT2D eigenvalue weighted by Gasteiger charge is -2.09. The fourth-order valence-electron chi connectivity index (χ4n) is 2.31. The minimum Gasteiger partial charge on any atom is -0.339 e. The molecule has 3 rings (SSSR count). The van der Waals surface area contributed by atoms with E-state index in [2.05, 4.69) is 15.6 Å². The molecule has 0 fully saturated rings. The number of carbonyl (C=O) groups excluding carboxylic acids is 1. The summed E-state index contributed by atoms with van der Waals surface area (Å²) < 4.78 is 13.2. The molecule has 0 bridgehead atoms. The summed E-state index contributed by atoms with van der Waals surface area (Å²) in [5, 5.41) is 6.85. The summed E-state index contributed by atoms with van der Waals surface area (Å²) in [6.07, 6.45) is 1.60. The predicted octanol–water partition coefficient (Wildman–Crippen LogP) is 5.45. The molecule has 1 aromatic heterocycles. The molecule has 4 nitrogen and oxygen atoms in total. The Morgan fingerprint density at radius 2 is 1.92 bits per heavy atom. The number of pyridine rings is 1. The molecule has 1 amide bonds. The Kier molecular flexibility index (Phi) is 5.71. The van der Waals surface area contributed by atoms with Gasteiger partial charge in [0.2, 0.25) is 5.91 Å². The van der Waals surface area contributed by atoms with Gasteiger partial charge in [0, 0.05) is 5.02 Å². The molecule has 0 spiro atoms. The second-order valence-corrected chi connectivity index (χ2v) is 6.38. The SMILES string of the molecule is O=C(Cc1cccc(F)c1)Nc1ccc(Nc2cc(Cl)ccc2Cl)nc1. The van der Waals surface area contributed by atoms with Crippen molar-refractivity contribution in [3.05, 3.63) is 82.2 Å². The van der Waals surface area contributed by atoms with Crippen molar-refractivity contribution >= 4 is 46.3 Å². The van der Waals surface area contributed by atoms with Crippen LogP contribution in [0.15, 0.2) is 60.8 Å². The van der Waals surface area contributed by atoms with Crippen molar-refractivity contribution in [2.45, 2.75) is 6.42 Å². The molecule has 0 saturated carbocycles. The van der Waals surface area contributed by atoms with E-state index in [0.717, 1.165) is 0 Å². The zero-order valence-electron chi connectivity index (χ0n) is 13.5. The lowest BCUT2D eigenvalue weighted by atomic mass is 10.1. The first-order valence-electron chi connectivity index (χ1n) is 7.72. The van der Waals surface area contributed by atoms with Crippen LogP contribution in [0.3, 0.4) is 0 Å². The highest BCUT2D eigenvalue weighted by atomic mass is 35.5. The summed E-state index contributed by atoms with van der Waals surface area (Å²) in [6, 6.07) is 14.4. The quantitative estimate of drug-likeness (QED) is 0.609. The van der Waals surface area contributed by atoms with E-state index in [1.54, 1.807) is 42.5 Å². The van der Waals surface area contributed by atoms with Gasteiger partial charge in [0.25, 0.3) is 0 Å². The molecule has 0 unspecified atom stereocenters. The number of carbonyl (C=O) groups is 1. The Labute approximate surface area is 160 Å². The van der Waals surface area contributed by atoms with E-state index in [1.165, 1.54) is 18.3 Å². The van der Waals surface area contributed by atoms with E-state index in [0.29, 0.717) is 32.8 Å². The number of hydrogen-bond donors (Lipinski definition) is 2. The van der Waals surface area contributed by atoms with Crippen molar-refractivity contribution in [2.75, 3.05) is 10.6 Å². The maximum absolute atomic E-state index is 13.2. The molecular weight excluding hydrogens is 376 g/mol. The van der Waals surface area contributed by atoms with Gasteiger partial charge in [0.05, 0.1) is 29.0 Å². The third-order valence-electron chi connectivity index (χ3n) is 3.49. The van der Waals surface area contributed by atoms with E-state index in [-0.39, 0.29) is 18.1 Å². The van der Waals surface area contributed by atoms with E-state index < -0.39 is 0 Å². The molecule has 0 aliphatic rings. The zero-order valence-corrected chi connectivity index (χ0v) is 15.0. The van der Waals surface area contributed by atoms with Crippen LogP contribution in [-0.4, -0.2) is 10.9 Å². The van der Waals surface area contributed by atoms with Crippen LogP contribution in [0.2, 0.25) is 10.0 Å². The number of nitrogens with zero attached hydrogens (tertiary/aromatic N) is 1. The van der Waals surface area contributed by atoms with Crippen molar-refractivity contribution in [3.63, 3.8) is 0 Å².